The molecule has 0 unspecified atom stereocenters. The largest absolute Gasteiger partial charge is 0.466 e. The molecule has 3 nitrogen and oxygen atoms in total. The van der Waals surface area contributed by atoms with Crippen molar-refractivity contribution in [3.8, 4) is 0 Å². The van der Waals surface area contributed by atoms with Crippen molar-refractivity contribution in [2.75, 3.05) is 6.61 Å². The van der Waals surface area contributed by atoms with Gasteiger partial charge in [0, 0.05) is 5.56 Å². The Morgan fingerprint density at radius 1 is 1.24 bits per heavy atom. The van der Waals surface area contributed by atoms with Gasteiger partial charge in [0.25, 0.3) is 0 Å². The summed E-state index contributed by atoms with van der Waals surface area (Å²) in [5.74, 6) is 0.345. The van der Waals surface area contributed by atoms with Gasteiger partial charge in [0.05, 0.1) is 6.61 Å². The van der Waals surface area contributed by atoms with Crippen LogP contribution in [0.1, 0.15) is 50.3 Å². The highest BCUT2D eigenvalue weighted by atomic mass is 16.5. The van der Waals surface area contributed by atoms with Crippen LogP contribution in [0.5, 0.6) is 0 Å². The molecule has 0 saturated heterocycles. The maximum atomic E-state index is 11.3. The average Bonchev–Trinajstić information content (AvgIpc) is 2.29. The summed E-state index contributed by atoms with van der Waals surface area (Å²) in [6.45, 7) is 6.57. The normalized spacial score (nSPS) is 12.5. The molecule has 0 bridgehead atoms. The van der Waals surface area contributed by atoms with Crippen molar-refractivity contribution in [1.82, 2.24) is 0 Å². The van der Waals surface area contributed by atoms with E-state index in [1.807, 2.05) is 19.1 Å². The Bertz CT molecular complexity index is 357. The number of esters is 1. The maximum absolute atomic E-state index is 11.3. The second-order valence-electron chi connectivity index (χ2n) is 4.53. The van der Waals surface area contributed by atoms with E-state index in [9.17, 15) is 4.79 Å². The third kappa shape index (κ3) is 4.19. The number of carbonyl (C=O) groups excluding carboxylic acids is 1. The fraction of sp³-hybridized carbons (Fsp3) is 0.500. The van der Waals surface area contributed by atoms with Crippen LogP contribution in [0.2, 0.25) is 0 Å². The van der Waals surface area contributed by atoms with Gasteiger partial charge in [0.1, 0.15) is 12.5 Å². The summed E-state index contributed by atoms with van der Waals surface area (Å²) in [6.07, 6.45) is 0.342. The molecule has 0 amide bonds. The van der Waals surface area contributed by atoms with E-state index in [2.05, 4.69) is 31.7 Å². The van der Waals surface area contributed by atoms with Crippen molar-refractivity contribution in [1.29, 1.82) is 0 Å². The monoisotopic (exact) mass is 236 g/mol. The molecule has 0 fully saturated rings. The Morgan fingerprint density at radius 2 is 1.76 bits per heavy atom. The number of hydrogen-bond donors (Lipinski definition) is 1. The second kappa shape index (κ2) is 6.40. The lowest BCUT2D eigenvalue weighted by Crippen LogP contribution is -2.54. The first kappa shape index (κ1) is 13.7. The first-order chi connectivity index (χ1) is 8.04. The van der Waals surface area contributed by atoms with E-state index in [0.29, 0.717) is 18.9 Å². The van der Waals surface area contributed by atoms with E-state index < -0.39 is 0 Å². The van der Waals surface area contributed by atoms with Crippen LogP contribution in [0.4, 0.5) is 0 Å². The highest BCUT2D eigenvalue weighted by Crippen LogP contribution is 2.18. The Labute approximate surface area is 103 Å². The molecule has 3 N–H and O–H groups in total. The molecule has 1 aromatic rings. The molecule has 0 radical (unpaired) electrons. The molecule has 3 heteroatoms. The molecule has 0 aromatic heterocycles. The van der Waals surface area contributed by atoms with Crippen molar-refractivity contribution in [3.63, 3.8) is 0 Å². The molecule has 0 aliphatic rings. The van der Waals surface area contributed by atoms with Gasteiger partial charge in [-0.2, -0.15) is 0 Å². The predicted octanol–water partition coefficient (Wildman–Crippen LogP) is 2.05. The van der Waals surface area contributed by atoms with Gasteiger partial charge in [-0.15, -0.1) is 0 Å². The second-order valence-corrected chi connectivity index (χ2v) is 4.53. The van der Waals surface area contributed by atoms with Crippen molar-refractivity contribution in [2.45, 2.75) is 39.2 Å². The van der Waals surface area contributed by atoms with Crippen LogP contribution in [0.15, 0.2) is 24.3 Å². The lowest BCUT2D eigenvalue weighted by Gasteiger charge is -2.10. The van der Waals surface area contributed by atoms with E-state index >= 15 is 0 Å². The summed E-state index contributed by atoms with van der Waals surface area (Å²) in [7, 11) is 0. The molecule has 0 heterocycles. The Balaban J connectivity index is 2.63. The number of benzene rings is 1. The SMILES string of the molecule is CCOC(=O)C[C@H]([NH3+])c1ccc(C(C)C)cc1. The van der Waals surface area contributed by atoms with Crippen LogP contribution >= 0.6 is 0 Å². The number of hydrogen-bond acceptors (Lipinski definition) is 2. The van der Waals surface area contributed by atoms with Gasteiger partial charge in [0.15, 0.2) is 0 Å². The summed E-state index contributed by atoms with van der Waals surface area (Å²) in [5.41, 5.74) is 6.39. The van der Waals surface area contributed by atoms with Gasteiger partial charge in [-0.3, -0.25) is 4.79 Å². The summed E-state index contributed by atoms with van der Waals surface area (Å²) in [5, 5.41) is 0. The van der Waals surface area contributed by atoms with E-state index in [1.165, 1.54) is 5.56 Å². The Hall–Kier alpha value is -1.35. The smallest absolute Gasteiger partial charge is 0.312 e. The third-order valence-corrected chi connectivity index (χ3v) is 2.79. The number of ether oxygens (including phenoxy) is 1. The minimum absolute atomic E-state index is 0.0322. The first-order valence-corrected chi connectivity index (χ1v) is 6.13. The zero-order valence-electron chi connectivity index (χ0n) is 10.9. The Morgan fingerprint density at radius 3 is 2.24 bits per heavy atom. The van der Waals surface area contributed by atoms with Gasteiger partial charge in [-0.1, -0.05) is 38.1 Å². The van der Waals surface area contributed by atoms with Crippen molar-refractivity contribution in [3.05, 3.63) is 35.4 Å². The van der Waals surface area contributed by atoms with Gasteiger partial charge >= 0.3 is 5.97 Å². The van der Waals surface area contributed by atoms with Crippen LogP contribution in [-0.4, -0.2) is 12.6 Å². The molecule has 0 aliphatic heterocycles. The zero-order chi connectivity index (χ0) is 12.8. The van der Waals surface area contributed by atoms with Crippen LogP contribution < -0.4 is 5.73 Å². The van der Waals surface area contributed by atoms with Gasteiger partial charge in [-0.25, -0.2) is 0 Å². The van der Waals surface area contributed by atoms with E-state index in [0.717, 1.165) is 5.56 Å². The fourth-order valence-corrected chi connectivity index (χ4v) is 1.69. The molecule has 0 aliphatic carbocycles. The highest BCUT2D eigenvalue weighted by Gasteiger charge is 2.15. The number of quaternary nitrogens is 1. The van der Waals surface area contributed by atoms with Crippen molar-refractivity contribution < 1.29 is 15.3 Å². The summed E-state index contributed by atoms with van der Waals surface area (Å²) in [6, 6.07) is 8.26. The summed E-state index contributed by atoms with van der Waals surface area (Å²) in [4.78, 5) is 11.3. The van der Waals surface area contributed by atoms with Crippen molar-refractivity contribution in [2.24, 2.45) is 0 Å². The van der Waals surface area contributed by atoms with Crippen LogP contribution in [0, 0.1) is 0 Å². The maximum Gasteiger partial charge on any atom is 0.312 e. The topological polar surface area (TPSA) is 53.9 Å². The molecule has 1 atom stereocenters. The lowest BCUT2D eigenvalue weighted by atomic mass is 9.98. The molecular formula is C14H22NO2+. The fourth-order valence-electron chi connectivity index (χ4n) is 1.69. The van der Waals surface area contributed by atoms with Crippen molar-refractivity contribution >= 4 is 5.97 Å². The van der Waals surface area contributed by atoms with Crippen LogP contribution in [0.3, 0.4) is 0 Å². The number of carbonyl (C=O) groups is 1. The molecule has 0 saturated carbocycles. The zero-order valence-corrected chi connectivity index (χ0v) is 10.9. The standard InChI is InChI=1S/C14H21NO2/c1-4-17-14(16)9-13(15)12-7-5-11(6-8-12)10(2)3/h5-8,10,13H,4,9,15H2,1-3H3/p+1/t13-/m0/s1. The quantitative estimate of drug-likeness (QED) is 0.795. The minimum Gasteiger partial charge on any atom is -0.466 e. The first-order valence-electron chi connectivity index (χ1n) is 6.13. The van der Waals surface area contributed by atoms with E-state index in [4.69, 9.17) is 4.74 Å². The third-order valence-electron chi connectivity index (χ3n) is 2.79. The molecule has 17 heavy (non-hydrogen) atoms. The van der Waals surface area contributed by atoms with Gasteiger partial charge in [-0.05, 0) is 18.4 Å². The number of rotatable bonds is 5. The minimum atomic E-state index is -0.180. The predicted molar refractivity (Wildman–Crippen MR) is 67.4 cm³/mol. The average molecular weight is 236 g/mol. The van der Waals surface area contributed by atoms with Crippen LogP contribution in [0.25, 0.3) is 0 Å². The lowest BCUT2D eigenvalue weighted by molar-refractivity contribution is -0.425. The van der Waals surface area contributed by atoms with E-state index in [-0.39, 0.29) is 12.0 Å². The molecule has 1 aromatic carbocycles. The summed E-state index contributed by atoms with van der Waals surface area (Å²) >= 11 is 0. The van der Waals surface area contributed by atoms with E-state index in [1.54, 1.807) is 0 Å². The summed E-state index contributed by atoms with van der Waals surface area (Å²) < 4.78 is 4.92. The van der Waals surface area contributed by atoms with Crippen LogP contribution in [-0.2, 0) is 9.53 Å². The highest BCUT2D eigenvalue weighted by molar-refractivity contribution is 5.70. The molecular weight excluding hydrogens is 214 g/mol. The van der Waals surface area contributed by atoms with Gasteiger partial charge in [0.2, 0.25) is 0 Å². The Kier molecular flexibility index (Phi) is 5.16. The molecule has 94 valence electrons. The molecule has 1 rings (SSSR count). The van der Waals surface area contributed by atoms with Gasteiger partial charge < -0.3 is 10.5 Å². The molecule has 0 spiro atoms.